The van der Waals surface area contributed by atoms with Crippen LogP contribution in [-0.2, 0) is 9.53 Å². The minimum absolute atomic E-state index is 0.274. The maximum Gasteiger partial charge on any atom is 0.338 e. The molecule has 0 spiro atoms. The molecule has 1 aromatic carbocycles. The van der Waals surface area contributed by atoms with Crippen molar-refractivity contribution < 1.29 is 13.9 Å². The van der Waals surface area contributed by atoms with E-state index >= 15 is 0 Å². The second-order valence-corrected chi connectivity index (χ2v) is 4.87. The van der Waals surface area contributed by atoms with E-state index in [1.807, 2.05) is 0 Å². The second kappa shape index (κ2) is 5.59. The van der Waals surface area contributed by atoms with Crippen molar-refractivity contribution in [3.05, 3.63) is 53.2 Å². The molecule has 6 nitrogen and oxygen atoms in total. The summed E-state index contributed by atoms with van der Waals surface area (Å²) in [7, 11) is 0. The van der Waals surface area contributed by atoms with E-state index in [1.54, 1.807) is 30.7 Å². The van der Waals surface area contributed by atoms with Crippen LogP contribution >= 0.6 is 0 Å². The Bertz CT molecular complexity index is 736. The summed E-state index contributed by atoms with van der Waals surface area (Å²) in [6, 6.07) is 5.46. The maximum absolute atomic E-state index is 13.2. The zero-order valence-electron chi connectivity index (χ0n) is 12.2. The van der Waals surface area contributed by atoms with Crippen molar-refractivity contribution >= 4 is 11.9 Å². The predicted octanol–water partition coefficient (Wildman–Crippen LogP) is 2.27. The highest BCUT2D eigenvalue weighted by Gasteiger charge is 2.34. The van der Waals surface area contributed by atoms with Crippen LogP contribution < -0.4 is 5.32 Å². The van der Waals surface area contributed by atoms with Crippen molar-refractivity contribution in [3.63, 3.8) is 0 Å². The molecule has 0 saturated heterocycles. The lowest BCUT2D eigenvalue weighted by Gasteiger charge is -2.28. The summed E-state index contributed by atoms with van der Waals surface area (Å²) in [5.74, 6) is -0.238. The van der Waals surface area contributed by atoms with E-state index in [1.165, 1.54) is 18.5 Å². The van der Waals surface area contributed by atoms with Gasteiger partial charge in [-0.1, -0.05) is 12.1 Å². The number of fused-ring (bicyclic) bond motifs is 1. The molecule has 7 heteroatoms. The number of allylic oxidation sites excluding steroid dienone is 1. The van der Waals surface area contributed by atoms with Crippen molar-refractivity contribution in [2.24, 2.45) is 0 Å². The Kier molecular flexibility index (Phi) is 3.62. The topological polar surface area (TPSA) is 69.0 Å². The molecule has 3 rings (SSSR count). The predicted molar refractivity (Wildman–Crippen MR) is 77.5 cm³/mol. The highest BCUT2D eigenvalue weighted by molar-refractivity contribution is 5.92. The number of benzene rings is 1. The Hall–Kier alpha value is -2.70. The fraction of sp³-hybridized carbons (Fsp3) is 0.267. The normalized spacial score (nSPS) is 17.0. The minimum Gasteiger partial charge on any atom is -0.463 e. The van der Waals surface area contributed by atoms with Gasteiger partial charge in [-0.2, -0.15) is 10.1 Å². The van der Waals surface area contributed by atoms with Crippen LogP contribution in [0.25, 0.3) is 0 Å². The number of ether oxygens (including phenoxy) is 1. The molecule has 1 aliphatic rings. The van der Waals surface area contributed by atoms with Gasteiger partial charge in [0.25, 0.3) is 0 Å². The van der Waals surface area contributed by atoms with Crippen molar-refractivity contribution in [2.75, 3.05) is 11.9 Å². The highest BCUT2D eigenvalue weighted by atomic mass is 19.1. The fourth-order valence-corrected chi connectivity index (χ4v) is 2.52. The molecule has 0 radical (unpaired) electrons. The largest absolute Gasteiger partial charge is 0.463 e. The average molecular weight is 302 g/mol. The molecule has 22 heavy (non-hydrogen) atoms. The van der Waals surface area contributed by atoms with Crippen molar-refractivity contribution in [1.29, 1.82) is 0 Å². The summed E-state index contributed by atoms with van der Waals surface area (Å²) in [6.07, 6.45) is 1.40. The molecular weight excluding hydrogens is 287 g/mol. The molecule has 1 aliphatic heterocycles. The second-order valence-electron chi connectivity index (χ2n) is 4.87. The number of aromatic nitrogens is 3. The first-order valence-electron chi connectivity index (χ1n) is 6.91. The third-order valence-electron chi connectivity index (χ3n) is 3.48. The van der Waals surface area contributed by atoms with Crippen LogP contribution in [0.5, 0.6) is 0 Å². The molecule has 1 N–H and O–H groups in total. The Labute approximate surface area is 126 Å². The van der Waals surface area contributed by atoms with Gasteiger partial charge in [0.05, 0.1) is 12.2 Å². The van der Waals surface area contributed by atoms with Gasteiger partial charge in [0, 0.05) is 5.70 Å². The van der Waals surface area contributed by atoms with Crippen LogP contribution in [0.3, 0.4) is 0 Å². The Morgan fingerprint density at radius 3 is 2.82 bits per heavy atom. The van der Waals surface area contributed by atoms with E-state index in [-0.39, 0.29) is 12.4 Å². The molecule has 0 amide bonds. The monoisotopic (exact) mass is 302 g/mol. The first-order chi connectivity index (χ1) is 10.6. The van der Waals surface area contributed by atoms with Crippen LogP contribution in [0.4, 0.5) is 10.3 Å². The lowest BCUT2D eigenvalue weighted by Crippen LogP contribution is -2.29. The molecular formula is C15H15FN4O2. The van der Waals surface area contributed by atoms with Crippen LogP contribution in [-0.4, -0.2) is 27.3 Å². The smallest absolute Gasteiger partial charge is 0.338 e. The van der Waals surface area contributed by atoms with E-state index in [0.29, 0.717) is 17.2 Å². The van der Waals surface area contributed by atoms with Crippen LogP contribution in [0.1, 0.15) is 25.5 Å². The zero-order chi connectivity index (χ0) is 15.7. The first-order valence-corrected chi connectivity index (χ1v) is 6.91. The van der Waals surface area contributed by atoms with Crippen LogP contribution in [0.2, 0.25) is 0 Å². The van der Waals surface area contributed by atoms with E-state index in [9.17, 15) is 9.18 Å². The van der Waals surface area contributed by atoms with Gasteiger partial charge in [-0.15, -0.1) is 0 Å². The number of rotatable bonds is 3. The minimum atomic E-state index is -0.501. The number of esters is 1. The summed E-state index contributed by atoms with van der Waals surface area (Å²) < 4.78 is 19.9. The van der Waals surface area contributed by atoms with Gasteiger partial charge in [0.1, 0.15) is 18.2 Å². The van der Waals surface area contributed by atoms with E-state index in [2.05, 4.69) is 15.4 Å². The number of hydrogen-bond donors (Lipinski definition) is 1. The number of carbonyl (C=O) groups is 1. The van der Waals surface area contributed by atoms with Gasteiger partial charge in [-0.05, 0) is 31.5 Å². The lowest BCUT2D eigenvalue weighted by atomic mass is 9.96. The number of anilines is 1. The van der Waals surface area contributed by atoms with Crippen LogP contribution in [0.15, 0.2) is 41.9 Å². The first kappa shape index (κ1) is 14.2. The molecule has 0 saturated carbocycles. The van der Waals surface area contributed by atoms with Gasteiger partial charge < -0.3 is 10.1 Å². The molecule has 114 valence electrons. The summed E-state index contributed by atoms with van der Waals surface area (Å²) in [6.45, 7) is 3.80. The molecule has 0 bridgehead atoms. The molecule has 2 heterocycles. The Balaban J connectivity index is 2.13. The number of nitrogens with zero attached hydrogens (tertiary/aromatic N) is 3. The third-order valence-corrected chi connectivity index (χ3v) is 3.48. The van der Waals surface area contributed by atoms with Gasteiger partial charge >= 0.3 is 5.97 Å². The van der Waals surface area contributed by atoms with E-state index in [0.717, 1.165) is 5.56 Å². The molecule has 1 aromatic heterocycles. The SMILES string of the molecule is CCOC(=O)C1=C(C)Nc2ncnn2[C@@H]1c1ccc(F)cc1. The number of carbonyl (C=O) groups excluding carboxylic acids is 1. The lowest BCUT2D eigenvalue weighted by molar-refractivity contribution is -0.139. The molecule has 1 atom stereocenters. The molecule has 0 fully saturated rings. The summed E-state index contributed by atoms with van der Waals surface area (Å²) in [5.41, 5.74) is 1.82. The average Bonchev–Trinajstić information content (AvgIpc) is 2.94. The van der Waals surface area contributed by atoms with Gasteiger partial charge in [-0.25, -0.2) is 13.9 Å². The summed E-state index contributed by atoms with van der Waals surface area (Å²) >= 11 is 0. The number of nitrogens with one attached hydrogen (secondary N) is 1. The zero-order valence-corrected chi connectivity index (χ0v) is 12.2. The van der Waals surface area contributed by atoms with Gasteiger partial charge in [0.15, 0.2) is 0 Å². The molecule has 2 aromatic rings. The quantitative estimate of drug-likeness (QED) is 0.881. The van der Waals surface area contributed by atoms with E-state index in [4.69, 9.17) is 4.74 Å². The Morgan fingerprint density at radius 1 is 1.41 bits per heavy atom. The van der Waals surface area contributed by atoms with Crippen LogP contribution in [0, 0.1) is 5.82 Å². The van der Waals surface area contributed by atoms with Crippen molar-refractivity contribution in [3.8, 4) is 0 Å². The van der Waals surface area contributed by atoms with Gasteiger partial charge in [0.2, 0.25) is 5.95 Å². The molecule has 0 aliphatic carbocycles. The molecule has 0 unspecified atom stereocenters. The number of halogens is 1. The standard InChI is InChI=1S/C15H15FN4O2/c1-3-22-14(21)12-9(2)19-15-17-8-18-20(15)13(12)10-4-6-11(16)7-5-10/h4-8,13H,3H2,1-2H3,(H,17,18,19)/t13-/m1/s1. The number of hydrogen-bond acceptors (Lipinski definition) is 5. The van der Waals surface area contributed by atoms with Gasteiger partial charge in [-0.3, -0.25) is 0 Å². The van der Waals surface area contributed by atoms with Crippen molar-refractivity contribution in [1.82, 2.24) is 14.8 Å². The maximum atomic E-state index is 13.2. The Morgan fingerprint density at radius 2 is 2.14 bits per heavy atom. The fourth-order valence-electron chi connectivity index (χ4n) is 2.52. The highest BCUT2D eigenvalue weighted by Crippen LogP contribution is 2.35. The third kappa shape index (κ3) is 2.34. The van der Waals surface area contributed by atoms with E-state index < -0.39 is 12.0 Å². The summed E-state index contributed by atoms with van der Waals surface area (Å²) in [5, 5.41) is 7.21. The summed E-state index contributed by atoms with van der Waals surface area (Å²) in [4.78, 5) is 16.5. The van der Waals surface area contributed by atoms with Crippen molar-refractivity contribution in [2.45, 2.75) is 19.9 Å².